The molecule has 0 saturated heterocycles. The van der Waals surface area contributed by atoms with Gasteiger partial charge in [0.25, 0.3) is 0 Å². The van der Waals surface area contributed by atoms with Gasteiger partial charge in [-0.15, -0.1) is 5.10 Å². The maximum absolute atomic E-state index is 4.95. The zero-order valence-corrected chi connectivity index (χ0v) is 9.76. The maximum atomic E-state index is 4.95. The van der Waals surface area contributed by atoms with Crippen LogP contribution in [0.25, 0.3) is 0 Å². The summed E-state index contributed by atoms with van der Waals surface area (Å²) in [5, 5.41) is 11.1. The minimum Gasteiger partial charge on any atom is -0.357 e. The molecule has 0 aliphatic rings. The zero-order chi connectivity index (χ0) is 9.84. The Balaban J connectivity index is 2.61. The Morgan fingerprint density at radius 3 is 2.69 bits per heavy atom. The minimum atomic E-state index is 0.481. The molecule has 1 unspecified atom stereocenters. The molecule has 0 fully saturated rings. The van der Waals surface area contributed by atoms with Crippen molar-refractivity contribution in [2.75, 3.05) is 5.32 Å². The molecule has 0 aromatic carbocycles. The molecule has 0 aliphatic heterocycles. The molecule has 0 spiro atoms. The summed E-state index contributed by atoms with van der Waals surface area (Å²) in [6, 6.07) is 0.481. The van der Waals surface area contributed by atoms with Crippen molar-refractivity contribution in [1.29, 1.82) is 0 Å². The van der Waals surface area contributed by atoms with Gasteiger partial charge in [0.15, 0.2) is 3.95 Å². The van der Waals surface area contributed by atoms with Gasteiger partial charge in [-0.2, -0.15) is 0 Å². The van der Waals surface area contributed by atoms with Crippen LogP contribution in [0.15, 0.2) is 0 Å². The van der Waals surface area contributed by atoms with Crippen molar-refractivity contribution in [2.24, 2.45) is 5.92 Å². The number of hydrogen-bond acceptors (Lipinski definition) is 4. The van der Waals surface area contributed by atoms with Gasteiger partial charge in [0, 0.05) is 6.04 Å². The van der Waals surface area contributed by atoms with E-state index in [0.717, 1.165) is 15.5 Å². The Morgan fingerprint density at radius 1 is 1.62 bits per heavy atom. The zero-order valence-electron chi connectivity index (χ0n) is 8.13. The lowest BCUT2D eigenvalue weighted by molar-refractivity contribution is 0.510. The van der Waals surface area contributed by atoms with E-state index in [1.165, 1.54) is 11.3 Å². The van der Waals surface area contributed by atoms with Crippen LogP contribution in [0.2, 0.25) is 0 Å². The van der Waals surface area contributed by atoms with E-state index in [0.29, 0.717) is 12.0 Å². The molecule has 1 aromatic rings. The molecule has 13 heavy (non-hydrogen) atoms. The largest absolute Gasteiger partial charge is 0.357 e. The van der Waals surface area contributed by atoms with Crippen molar-refractivity contribution in [2.45, 2.75) is 33.2 Å². The molecule has 3 nitrogen and oxygen atoms in total. The topological polar surface area (TPSA) is 40.7 Å². The molecule has 2 N–H and O–H groups in total. The van der Waals surface area contributed by atoms with Gasteiger partial charge in [0.2, 0.25) is 5.13 Å². The van der Waals surface area contributed by atoms with Crippen molar-refractivity contribution in [3.8, 4) is 0 Å². The lowest BCUT2D eigenvalue weighted by atomic mass is 10.0. The molecular weight excluding hydrogens is 202 g/mol. The van der Waals surface area contributed by atoms with Crippen molar-refractivity contribution in [3.05, 3.63) is 3.95 Å². The van der Waals surface area contributed by atoms with Gasteiger partial charge < -0.3 is 5.32 Å². The van der Waals surface area contributed by atoms with Gasteiger partial charge in [0.05, 0.1) is 0 Å². The van der Waals surface area contributed by atoms with E-state index in [1.54, 1.807) is 0 Å². The molecule has 0 amide bonds. The summed E-state index contributed by atoms with van der Waals surface area (Å²) in [7, 11) is 0. The monoisotopic (exact) mass is 217 g/mol. The van der Waals surface area contributed by atoms with Crippen LogP contribution in [0.3, 0.4) is 0 Å². The summed E-state index contributed by atoms with van der Waals surface area (Å²) >= 11 is 6.43. The summed E-state index contributed by atoms with van der Waals surface area (Å²) in [5.74, 6) is 0.613. The van der Waals surface area contributed by atoms with Crippen LogP contribution in [0.5, 0.6) is 0 Å². The molecule has 0 radical (unpaired) electrons. The SMILES string of the molecule is CCC(Nc1n[nH]c(=S)s1)C(C)C. The first kappa shape index (κ1) is 10.7. The highest BCUT2D eigenvalue weighted by Gasteiger charge is 2.11. The Kier molecular flexibility index (Phi) is 3.87. The molecular formula is C8H15N3S2. The number of anilines is 1. The van der Waals surface area contributed by atoms with E-state index in [1.807, 2.05) is 0 Å². The molecule has 0 bridgehead atoms. The first-order chi connectivity index (χ1) is 6.13. The average Bonchev–Trinajstić information content (AvgIpc) is 2.46. The predicted molar refractivity (Wildman–Crippen MR) is 59.8 cm³/mol. The third kappa shape index (κ3) is 3.08. The average molecular weight is 217 g/mol. The van der Waals surface area contributed by atoms with E-state index in [9.17, 15) is 0 Å². The summed E-state index contributed by atoms with van der Waals surface area (Å²) in [6.45, 7) is 6.57. The van der Waals surface area contributed by atoms with E-state index in [4.69, 9.17) is 12.2 Å². The third-order valence-electron chi connectivity index (χ3n) is 1.99. The molecule has 1 rings (SSSR count). The second-order valence-corrected chi connectivity index (χ2v) is 4.99. The van der Waals surface area contributed by atoms with Crippen LogP contribution >= 0.6 is 23.6 Å². The summed E-state index contributed by atoms with van der Waals surface area (Å²) in [6.07, 6.45) is 1.10. The molecule has 0 saturated carbocycles. The smallest absolute Gasteiger partial charge is 0.204 e. The van der Waals surface area contributed by atoms with Gasteiger partial charge in [-0.05, 0) is 24.6 Å². The second kappa shape index (κ2) is 4.72. The highest BCUT2D eigenvalue weighted by atomic mass is 32.1. The number of hydrogen-bond donors (Lipinski definition) is 2. The van der Waals surface area contributed by atoms with Crippen molar-refractivity contribution < 1.29 is 0 Å². The Labute approximate surface area is 87.6 Å². The Bertz CT molecular complexity index is 302. The molecule has 1 atom stereocenters. The van der Waals surface area contributed by atoms with E-state index in [2.05, 4.69) is 36.3 Å². The van der Waals surface area contributed by atoms with Crippen molar-refractivity contribution in [1.82, 2.24) is 10.2 Å². The van der Waals surface area contributed by atoms with Gasteiger partial charge >= 0.3 is 0 Å². The van der Waals surface area contributed by atoms with E-state index < -0.39 is 0 Å². The van der Waals surface area contributed by atoms with Crippen LogP contribution < -0.4 is 5.32 Å². The first-order valence-corrected chi connectivity index (χ1v) is 5.68. The number of rotatable bonds is 4. The van der Waals surface area contributed by atoms with Crippen molar-refractivity contribution >= 4 is 28.7 Å². The fourth-order valence-electron chi connectivity index (χ4n) is 1.19. The molecule has 1 heterocycles. The first-order valence-electron chi connectivity index (χ1n) is 4.45. The predicted octanol–water partition coefficient (Wildman–Crippen LogP) is 3.05. The molecule has 74 valence electrons. The maximum Gasteiger partial charge on any atom is 0.204 e. The van der Waals surface area contributed by atoms with Crippen LogP contribution in [-0.2, 0) is 0 Å². The number of H-pyrrole nitrogens is 1. The summed E-state index contributed by atoms with van der Waals surface area (Å²) < 4.78 is 0.723. The Morgan fingerprint density at radius 2 is 2.31 bits per heavy atom. The second-order valence-electron chi connectivity index (χ2n) is 3.32. The van der Waals surface area contributed by atoms with E-state index >= 15 is 0 Å². The van der Waals surface area contributed by atoms with E-state index in [-0.39, 0.29) is 0 Å². The lowest BCUT2D eigenvalue weighted by Crippen LogP contribution is -2.24. The normalized spacial score (nSPS) is 13.2. The number of nitrogens with zero attached hydrogens (tertiary/aromatic N) is 1. The van der Waals surface area contributed by atoms with Crippen LogP contribution in [0.4, 0.5) is 5.13 Å². The Hall–Kier alpha value is -0.420. The number of aromatic amines is 1. The van der Waals surface area contributed by atoms with Gasteiger partial charge in [-0.3, -0.25) is 5.10 Å². The third-order valence-corrected chi connectivity index (χ3v) is 3.01. The summed E-state index contributed by atoms with van der Waals surface area (Å²) in [5.41, 5.74) is 0. The van der Waals surface area contributed by atoms with Crippen molar-refractivity contribution in [3.63, 3.8) is 0 Å². The number of nitrogens with one attached hydrogen (secondary N) is 2. The molecule has 5 heteroatoms. The highest BCUT2D eigenvalue weighted by molar-refractivity contribution is 7.73. The van der Waals surface area contributed by atoms with Crippen LogP contribution in [-0.4, -0.2) is 16.2 Å². The minimum absolute atomic E-state index is 0.481. The number of aromatic nitrogens is 2. The fraction of sp³-hybridized carbons (Fsp3) is 0.750. The fourth-order valence-corrected chi connectivity index (χ4v) is 2.04. The van der Waals surface area contributed by atoms with Crippen LogP contribution in [0, 0.1) is 9.87 Å². The van der Waals surface area contributed by atoms with Crippen LogP contribution in [0.1, 0.15) is 27.2 Å². The van der Waals surface area contributed by atoms with Gasteiger partial charge in [-0.1, -0.05) is 32.1 Å². The quantitative estimate of drug-likeness (QED) is 0.762. The standard InChI is InChI=1S/C8H15N3S2/c1-4-6(5(2)3)9-7-10-11-8(12)13-7/h5-6H,4H2,1-3H3,(H,9,10)(H,11,12). The molecule has 1 aromatic heterocycles. The highest BCUT2D eigenvalue weighted by Crippen LogP contribution is 2.16. The van der Waals surface area contributed by atoms with Gasteiger partial charge in [0.1, 0.15) is 0 Å². The lowest BCUT2D eigenvalue weighted by Gasteiger charge is -2.19. The molecule has 0 aliphatic carbocycles. The van der Waals surface area contributed by atoms with Gasteiger partial charge in [-0.25, -0.2) is 0 Å². The summed E-state index contributed by atoms with van der Waals surface area (Å²) in [4.78, 5) is 0.